The molecule has 7 aromatic rings. The van der Waals surface area contributed by atoms with E-state index in [9.17, 15) is 5.41 Å². The van der Waals surface area contributed by atoms with E-state index >= 15 is 0 Å². The van der Waals surface area contributed by atoms with Crippen LogP contribution in [0.1, 0.15) is 18.1 Å². The van der Waals surface area contributed by atoms with Crippen molar-refractivity contribution in [3.05, 3.63) is 162 Å². The molecule has 0 amide bonds. The van der Waals surface area contributed by atoms with E-state index in [0.29, 0.717) is 5.71 Å². The van der Waals surface area contributed by atoms with Crippen LogP contribution < -0.4 is 5.43 Å². The number of nitrogens with one attached hydrogen (secondary N) is 2. The second-order valence-electron chi connectivity index (χ2n) is 11.0. The Labute approximate surface area is 259 Å². The largest absolute Gasteiger partial charge is 0.300 e. The summed E-state index contributed by atoms with van der Waals surface area (Å²) in [6.07, 6.45) is 12.1. The maximum Gasteiger partial charge on any atom is 0.0894 e. The Morgan fingerprint density at radius 3 is 2.27 bits per heavy atom. The highest BCUT2D eigenvalue weighted by molar-refractivity contribution is 7.27. The predicted octanol–water partition coefficient (Wildman–Crippen LogP) is 10.9. The van der Waals surface area contributed by atoms with Gasteiger partial charge in [0.1, 0.15) is 0 Å². The molecule has 0 fully saturated rings. The number of para-hydroxylation sites is 1. The van der Waals surface area contributed by atoms with Gasteiger partial charge in [0.25, 0.3) is 0 Å². The van der Waals surface area contributed by atoms with Gasteiger partial charge in [-0.2, -0.15) is 0 Å². The molecule has 2 heterocycles. The molecular formula is C40H29N3S. The topological polar surface area (TPSA) is 40.8 Å². The molecule has 0 bridgehead atoms. The molecule has 2 N–H and O–H groups in total. The van der Waals surface area contributed by atoms with Crippen LogP contribution in [-0.4, -0.2) is 10.4 Å². The van der Waals surface area contributed by atoms with Crippen molar-refractivity contribution in [3.63, 3.8) is 0 Å². The smallest absolute Gasteiger partial charge is 0.0894 e. The summed E-state index contributed by atoms with van der Waals surface area (Å²) in [5, 5.41) is 16.8. The van der Waals surface area contributed by atoms with Gasteiger partial charge in [-0.3, -0.25) is 15.5 Å². The van der Waals surface area contributed by atoms with Crippen LogP contribution in [-0.2, 0) is 0 Å². The Hall–Kier alpha value is -5.45. The number of benzene rings is 5. The number of fused-ring (bicyclic) bond motifs is 11. The van der Waals surface area contributed by atoms with Gasteiger partial charge in [-0.1, -0.05) is 128 Å². The van der Waals surface area contributed by atoms with Crippen molar-refractivity contribution in [2.24, 2.45) is 0 Å². The molecule has 8 rings (SSSR count). The summed E-state index contributed by atoms with van der Waals surface area (Å²) < 4.78 is 4.73. The molecule has 1 aliphatic rings. The van der Waals surface area contributed by atoms with Crippen LogP contribution >= 0.6 is 11.3 Å². The second kappa shape index (κ2) is 10.4. The maximum atomic E-state index is 9.30. The van der Waals surface area contributed by atoms with Crippen LogP contribution in [0.5, 0.6) is 0 Å². The van der Waals surface area contributed by atoms with Crippen molar-refractivity contribution in [3.8, 4) is 0 Å². The number of hydrogen-bond donors (Lipinski definition) is 2. The molecule has 0 radical (unpaired) electrons. The lowest BCUT2D eigenvalue weighted by atomic mass is 9.89. The van der Waals surface area contributed by atoms with Gasteiger partial charge in [-0.05, 0) is 41.0 Å². The van der Waals surface area contributed by atoms with Crippen molar-refractivity contribution in [2.45, 2.75) is 6.92 Å². The number of thiophene rings is 1. The Morgan fingerprint density at radius 2 is 1.45 bits per heavy atom. The van der Waals surface area contributed by atoms with E-state index in [2.05, 4.69) is 102 Å². The molecule has 5 aromatic carbocycles. The summed E-state index contributed by atoms with van der Waals surface area (Å²) in [5.41, 5.74) is 10.9. The summed E-state index contributed by atoms with van der Waals surface area (Å²) >= 11 is 1.84. The average Bonchev–Trinajstić information content (AvgIpc) is 3.61. The normalized spacial score (nSPS) is 14.6. The minimum atomic E-state index is 0.476. The van der Waals surface area contributed by atoms with Crippen LogP contribution in [0.3, 0.4) is 0 Å². The Bertz CT molecular complexity index is 2460. The van der Waals surface area contributed by atoms with E-state index in [1.165, 1.54) is 41.7 Å². The fourth-order valence-corrected chi connectivity index (χ4v) is 7.76. The van der Waals surface area contributed by atoms with Crippen molar-refractivity contribution in [1.29, 1.82) is 5.41 Å². The van der Waals surface area contributed by atoms with E-state index in [0.717, 1.165) is 39.0 Å². The van der Waals surface area contributed by atoms with E-state index in [1.54, 1.807) is 0 Å². The fraction of sp³-hybridized carbons (Fsp3) is 0.0250. The van der Waals surface area contributed by atoms with E-state index in [-0.39, 0.29) is 0 Å². The molecule has 210 valence electrons. The maximum absolute atomic E-state index is 9.30. The van der Waals surface area contributed by atoms with Crippen LogP contribution in [0.15, 0.2) is 151 Å². The third kappa shape index (κ3) is 3.92. The molecule has 0 aliphatic heterocycles. The lowest BCUT2D eigenvalue weighted by Gasteiger charge is -2.22. The monoisotopic (exact) mass is 583 g/mol. The highest BCUT2D eigenvalue weighted by Crippen LogP contribution is 2.46. The zero-order valence-corrected chi connectivity index (χ0v) is 25.1. The third-order valence-electron chi connectivity index (χ3n) is 8.50. The first-order valence-corrected chi connectivity index (χ1v) is 15.6. The highest BCUT2D eigenvalue weighted by atomic mass is 32.1. The minimum absolute atomic E-state index is 0.476. The Balaban J connectivity index is 1.48. The van der Waals surface area contributed by atoms with Crippen LogP contribution in [0.25, 0.3) is 58.8 Å². The zero-order valence-electron chi connectivity index (χ0n) is 24.3. The van der Waals surface area contributed by atoms with Gasteiger partial charge >= 0.3 is 0 Å². The molecule has 0 atom stereocenters. The molecule has 0 spiro atoms. The van der Waals surface area contributed by atoms with Crippen LogP contribution in [0, 0.1) is 5.41 Å². The predicted molar refractivity (Wildman–Crippen MR) is 192 cm³/mol. The van der Waals surface area contributed by atoms with Crippen LogP contribution in [0.4, 0.5) is 0 Å². The summed E-state index contributed by atoms with van der Waals surface area (Å²) in [4.78, 5) is 0. The summed E-state index contributed by atoms with van der Waals surface area (Å²) in [6.45, 7) is 6.50. The van der Waals surface area contributed by atoms with Gasteiger partial charge in [0.15, 0.2) is 0 Å². The molecule has 0 unspecified atom stereocenters. The molecule has 1 aliphatic carbocycles. The van der Waals surface area contributed by atoms with Crippen molar-refractivity contribution in [1.82, 2.24) is 4.68 Å². The standard InChI is InChI=1S/C40H29N3S/c1-3-4-5-14-25(2)38(32-24-23-26-15-6-7-16-27(26)37(32)41)42-43-33-21-12-10-19-30(33)35-28-17-8-9-18-29(28)36-31-20-11-13-22-34(31)44-40(36)39(35)43/h3-24,41-42H,2H2,1H3/b4-3-,14-5-,38-32-,41-37?. The van der Waals surface area contributed by atoms with Crippen molar-refractivity contribution in [2.75, 3.05) is 5.43 Å². The first-order valence-electron chi connectivity index (χ1n) is 14.8. The van der Waals surface area contributed by atoms with E-state index in [4.69, 9.17) is 0 Å². The molecule has 2 aromatic heterocycles. The quantitative estimate of drug-likeness (QED) is 0.194. The molecule has 0 saturated carbocycles. The number of aromatic nitrogens is 1. The molecular weight excluding hydrogens is 555 g/mol. The van der Waals surface area contributed by atoms with Crippen molar-refractivity contribution >= 4 is 75.9 Å². The minimum Gasteiger partial charge on any atom is -0.300 e. The van der Waals surface area contributed by atoms with Gasteiger partial charge in [-0.15, -0.1) is 11.3 Å². The molecule has 3 nitrogen and oxygen atoms in total. The van der Waals surface area contributed by atoms with E-state index < -0.39 is 0 Å². The first kappa shape index (κ1) is 26.2. The lowest BCUT2D eigenvalue weighted by molar-refractivity contribution is 1.02. The average molecular weight is 584 g/mol. The van der Waals surface area contributed by atoms with E-state index in [1.807, 2.05) is 66.8 Å². The summed E-state index contributed by atoms with van der Waals surface area (Å²) in [7, 11) is 0. The number of hydrogen-bond acceptors (Lipinski definition) is 3. The Kier molecular flexibility index (Phi) is 6.17. The number of allylic oxidation sites excluding steroid dienone is 6. The summed E-state index contributed by atoms with van der Waals surface area (Å²) in [5.74, 6) is 0. The lowest BCUT2D eigenvalue weighted by Crippen LogP contribution is -2.20. The third-order valence-corrected chi connectivity index (χ3v) is 9.67. The van der Waals surface area contributed by atoms with Crippen LogP contribution in [0.2, 0.25) is 0 Å². The number of nitrogens with zero attached hydrogens (tertiary/aromatic N) is 1. The SMILES string of the molecule is C=C(/C=C\C=C/C)/C(Nn1c2ccccc2c2c3ccccc3c3c4ccccc4sc3c21)=C1\C=Cc2ccccc2C1=N. The van der Waals surface area contributed by atoms with Gasteiger partial charge < -0.3 is 0 Å². The molecule has 4 heteroatoms. The van der Waals surface area contributed by atoms with Gasteiger partial charge in [0.2, 0.25) is 0 Å². The molecule has 44 heavy (non-hydrogen) atoms. The van der Waals surface area contributed by atoms with Gasteiger partial charge in [0.05, 0.1) is 27.1 Å². The Morgan fingerprint density at radius 1 is 0.773 bits per heavy atom. The fourth-order valence-electron chi connectivity index (χ4n) is 6.51. The summed E-state index contributed by atoms with van der Waals surface area (Å²) in [6, 6.07) is 34.2. The molecule has 0 saturated heterocycles. The highest BCUT2D eigenvalue weighted by Gasteiger charge is 2.24. The van der Waals surface area contributed by atoms with Gasteiger partial charge in [0, 0.05) is 37.4 Å². The zero-order chi connectivity index (χ0) is 29.8. The van der Waals surface area contributed by atoms with Crippen molar-refractivity contribution < 1.29 is 0 Å². The first-order chi connectivity index (χ1) is 21.7. The second-order valence-corrected chi connectivity index (χ2v) is 12.1. The number of rotatable bonds is 5. The van der Waals surface area contributed by atoms with Gasteiger partial charge in [-0.25, -0.2) is 0 Å².